The molecule has 0 amide bonds. The fourth-order valence-electron chi connectivity index (χ4n) is 2.31. The van der Waals surface area contributed by atoms with E-state index in [2.05, 4.69) is 4.74 Å². The lowest BCUT2D eigenvalue weighted by Crippen LogP contribution is -2.11. The van der Waals surface area contributed by atoms with Crippen molar-refractivity contribution in [1.82, 2.24) is 0 Å². The van der Waals surface area contributed by atoms with Crippen LogP contribution in [0.25, 0.3) is 0 Å². The van der Waals surface area contributed by atoms with E-state index in [0.717, 1.165) is 12.0 Å². The van der Waals surface area contributed by atoms with E-state index >= 15 is 0 Å². The van der Waals surface area contributed by atoms with Gasteiger partial charge in [-0.1, -0.05) is 36.2 Å². The first-order valence-corrected chi connectivity index (χ1v) is 8.86. The quantitative estimate of drug-likeness (QED) is 0.443. The van der Waals surface area contributed by atoms with Crippen LogP contribution in [0.2, 0.25) is 10.0 Å². The van der Waals surface area contributed by atoms with Crippen molar-refractivity contribution in [2.75, 3.05) is 13.7 Å². The van der Waals surface area contributed by atoms with Crippen LogP contribution in [0.1, 0.15) is 25.0 Å². The van der Waals surface area contributed by atoms with E-state index in [1.807, 2.05) is 13.8 Å². The molecule has 2 aromatic carbocycles. The average Bonchev–Trinajstić information content (AvgIpc) is 2.63. The highest BCUT2D eigenvalue weighted by molar-refractivity contribution is 6.34. The molecule has 0 fully saturated rings. The number of benzene rings is 2. The second-order valence-electron chi connectivity index (χ2n) is 5.24. The Morgan fingerprint density at radius 2 is 1.73 bits per heavy atom. The number of halogens is 2. The van der Waals surface area contributed by atoms with Crippen LogP contribution in [0.3, 0.4) is 0 Å². The van der Waals surface area contributed by atoms with Crippen molar-refractivity contribution >= 4 is 29.4 Å². The molecule has 140 valence electrons. The molecule has 0 aliphatic carbocycles. The maximum absolute atomic E-state index is 11.5. The van der Waals surface area contributed by atoms with E-state index in [9.17, 15) is 4.79 Å². The Bertz CT molecular complexity index is 777. The Morgan fingerprint density at radius 1 is 1.00 bits per heavy atom. The largest absolute Gasteiger partial charge is 0.513 e. The molecule has 2 rings (SSSR count). The number of hydrogen-bond donors (Lipinski definition) is 0. The molecule has 0 aromatic heterocycles. The Hall–Kier alpha value is -2.11. The van der Waals surface area contributed by atoms with Crippen LogP contribution >= 0.6 is 23.2 Å². The first-order valence-electron chi connectivity index (χ1n) is 8.11. The van der Waals surface area contributed by atoms with Crippen LogP contribution < -0.4 is 14.2 Å². The van der Waals surface area contributed by atoms with Crippen LogP contribution in [0.4, 0.5) is 4.79 Å². The Balaban J connectivity index is 2.30. The van der Waals surface area contributed by atoms with Gasteiger partial charge in [-0.05, 0) is 37.1 Å². The maximum atomic E-state index is 11.5. The minimum Gasteiger partial charge on any atom is -0.493 e. The highest BCUT2D eigenvalue weighted by atomic mass is 35.5. The third kappa shape index (κ3) is 4.96. The fraction of sp³-hybridized carbons (Fsp3) is 0.316. The molecule has 0 atom stereocenters. The minimum atomic E-state index is -0.826. The van der Waals surface area contributed by atoms with E-state index in [0.29, 0.717) is 33.7 Å². The predicted molar refractivity (Wildman–Crippen MR) is 101 cm³/mol. The lowest BCUT2D eigenvalue weighted by Gasteiger charge is -2.16. The molecule has 2 aromatic rings. The summed E-state index contributed by atoms with van der Waals surface area (Å²) in [7, 11) is 1.24. The number of carbonyl (C=O) groups is 1. The van der Waals surface area contributed by atoms with Crippen LogP contribution in [-0.2, 0) is 17.8 Å². The van der Waals surface area contributed by atoms with E-state index in [-0.39, 0.29) is 12.4 Å². The second kappa shape index (κ2) is 9.55. The van der Waals surface area contributed by atoms with Gasteiger partial charge in [0.25, 0.3) is 0 Å². The molecule has 0 N–H and O–H groups in total. The van der Waals surface area contributed by atoms with Gasteiger partial charge in [0.05, 0.1) is 24.3 Å². The van der Waals surface area contributed by atoms with Crippen molar-refractivity contribution < 1.29 is 23.7 Å². The summed E-state index contributed by atoms with van der Waals surface area (Å²) in [5, 5.41) is 1.03. The molecule has 0 radical (unpaired) electrons. The molecule has 7 heteroatoms. The van der Waals surface area contributed by atoms with Gasteiger partial charge in [0.2, 0.25) is 0 Å². The zero-order chi connectivity index (χ0) is 19.1. The summed E-state index contributed by atoms with van der Waals surface area (Å²) in [6, 6.07) is 8.56. The summed E-state index contributed by atoms with van der Waals surface area (Å²) in [5.74, 6) is 1.26. The van der Waals surface area contributed by atoms with E-state index in [1.165, 1.54) is 7.11 Å². The topological polar surface area (TPSA) is 54.0 Å². The van der Waals surface area contributed by atoms with Gasteiger partial charge in [0.15, 0.2) is 0 Å². The molecule has 5 nitrogen and oxygen atoms in total. The van der Waals surface area contributed by atoms with Gasteiger partial charge < -0.3 is 18.9 Å². The number of aryl methyl sites for hydroxylation is 1. The minimum absolute atomic E-state index is 0.0734. The van der Waals surface area contributed by atoms with Crippen LogP contribution in [0.5, 0.6) is 17.2 Å². The van der Waals surface area contributed by atoms with Crippen molar-refractivity contribution in [1.29, 1.82) is 0 Å². The molecular formula is C19H20Cl2O5. The van der Waals surface area contributed by atoms with E-state index < -0.39 is 6.16 Å². The molecule has 26 heavy (non-hydrogen) atoms. The van der Waals surface area contributed by atoms with Crippen LogP contribution in [0, 0.1) is 0 Å². The number of methoxy groups -OCH3 is 1. The van der Waals surface area contributed by atoms with E-state index in [1.54, 1.807) is 30.3 Å². The average molecular weight is 399 g/mol. The third-order valence-corrected chi connectivity index (χ3v) is 4.25. The van der Waals surface area contributed by atoms with Crippen molar-refractivity contribution in [3.05, 3.63) is 51.5 Å². The first-order chi connectivity index (χ1) is 12.5. The molecule has 0 aliphatic rings. The predicted octanol–water partition coefficient (Wildman–Crippen LogP) is 5.68. The zero-order valence-electron chi connectivity index (χ0n) is 14.8. The summed E-state index contributed by atoms with van der Waals surface area (Å²) in [6.45, 7) is 4.38. The summed E-state index contributed by atoms with van der Waals surface area (Å²) >= 11 is 12.5. The van der Waals surface area contributed by atoms with Gasteiger partial charge in [-0.15, -0.1) is 0 Å². The maximum Gasteiger partial charge on any atom is 0.513 e. The summed E-state index contributed by atoms with van der Waals surface area (Å²) in [5.41, 5.74) is 1.50. The standard InChI is InChI=1S/C19H20Cl2O5/c1-4-12-9-15(21)18(10-14(12)20)25-11-13-16(24-5-2)7-6-8-17(13)26-19(22)23-3/h6-10H,4-5,11H2,1-3H3. The lowest BCUT2D eigenvalue weighted by molar-refractivity contribution is 0.120. The van der Waals surface area contributed by atoms with Gasteiger partial charge >= 0.3 is 6.16 Å². The highest BCUT2D eigenvalue weighted by Crippen LogP contribution is 2.35. The number of ether oxygens (including phenoxy) is 4. The fourth-order valence-corrected chi connectivity index (χ4v) is 2.83. The van der Waals surface area contributed by atoms with Crippen molar-refractivity contribution in [2.45, 2.75) is 26.9 Å². The van der Waals surface area contributed by atoms with E-state index in [4.69, 9.17) is 37.4 Å². The smallest absolute Gasteiger partial charge is 0.493 e. The summed E-state index contributed by atoms with van der Waals surface area (Å²) < 4.78 is 21.1. The molecule has 0 spiro atoms. The third-order valence-electron chi connectivity index (χ3n) is 3.60. The van der Waals surface area contributed by atoms with Gasteiger partial charge in [-0.2, -0.15) is 0 Å². The molecule has 0 saturated heterocycles. The summed E-state index contributed by atoms with van der Waals surface area (Å²) in [4.78, 5) is 11.5. The molecule has 0 bridgehead atoms. The summed E-state index contributed by atoms with van der Waals surface area (Å²) in [6.07, 6.45) is -0.0587. The Kier molecular flexibility index (Phi) is 7.42. The number of carbonyl (C=O) groups excluding carboxylic acids is 1. The SMILES string of the molecule is CCOc1cccc(OC(=O)OC)c1COc1cc(Cl)c(CC)cc1Cl. The van der Waals surface area contributed by atoms with Crippen molar-refractivity contribution in [3.8, 4) is 17.2 Å². The van der Waals surface area contributed by atoms with Crippen LogP contribution in [-0.4, -0.2) is 19.9 Å². The van der Waals surface area contributed by atoms with Crippen molar-refractivity contribution in [2.24, 2.45) is 0 Å². The van der Waals surface area contributed by atoms with Crippen LogP contribution in [0.15, 0.2) is 30.3 Å². The van der Waals surface area contributed by atoms with Gasteiger partial charge in [0, 0.05) is 11.1 Å². The first kappa shape index (κ1) is 20.2. The van der Waals surface area contributed by atoms with Gasteiger partial charge in [-0.3, -0.25) is 0 Å². The van der Waals surface area contributed by atoms with Gasteiger partial charge in [-0.25, -0.2) is 4.79 Å². The Morgan fingerprint density at radius 3 is 2.38 bits per heavy atom. The normalized spacial score (nSPS) is 10.3. The highest BCUT2D eigenvalue weighted by Gasteiger charge is 2.16. The number of rotatable bonds is 7. The van der Waals surface area contributed by atoms with Gasteiger partial charge in [0.1, 0.15) is 23.9 Å². The molecular weight excluding hydrogens is 379 g/mol. The number of hydrogen-bond acceptors (Lipinski definition) is 5. The molecule has 0 unspecified atom stereocenters. The molecule has 0 heterocycles. The molecule has 0 saturated carbocycles. The Labute approximate surface area is 162 Å². The zero-order valence-corrected chi connectivity index (χ0v) is 16.3. The monoisotopic (exact) mass is 398 g/mol. The molecule has 0 aliphatic heterocycles. The second-order valence-corrected chi connectivity index (χ2v) is 6.05. The van der Waals surface area contributed by atoms with Crippen molar-refractivity contribution in [3.63, 3.8) is 0 Å². The lowest BCUT2D eigenvalue weighted by atomic mass is 10.1.